The van der Waals surface area contributed by atoms with Gasteiger partial charge >= 0.3 is 6.09 Å². The molecule has 4 heteroatoms. The van der Waals surface area contributed by atoms with Gasteiger partial charge in [-0.25, -0.2) is 4.79 Å². The molecule has 2 aliphatic rings. The molecule has 0 N–H and O–H groups in total. The van der Waals surface area contributed by atoms with Crippen molar-refractivity contribution in [2.45, 2.75) is 83.3 Å². The Morgan fingerprint density at radius 3 is 2.58 bits per heavy atom. The highest BCUT2D eigenvalue weighted by atomic mass is 16.6. The summed E-state index contributed by atoms with van der Waals surface area (Å²) < 4.78 is 5.71. The van der Waals surface area contributed by atoms with E-state index in [0.717, 1.165) is 12.8 Å². The predicted molar refractivity (Wildman–Crippen MR) is 80.2 cm³/mol. The van der Waals surface area contributed by atoms with Gasteiger partial charge in [-0.15, -0.1) is 0 Å². The summed E-state index contributed by atoms with van der Waals surface area (Å²) in [4.78, 5) is 14.1. The van der Waals surface area contributed by atoms with E-state index in [2.05, 4.69) is 35.5 Å². The van der Waals surface area contributed by atoms with E-state index in [9.17, 15) is 4.79 Å². The number of rotatable bonds is 2. The van der Waals surface area contributed by atoms with Gasteiger partial charge in [0.2, 0.25) is 0 Å². The van der Waals surface area contributed by atoms with Crippen molar-refractivity contribution in [1.82, 2.24) is 4.90 Å². The Balaban J connectivity index is 2.20. The van der Waals surface area contributed by atoms with Crippen LogP contribution < -0.4 is 0 Å². The molecule has 3 nitrogen and oxygen atoms in total. The molecule has 1 amide bonds. The second-order valence-corrected chi connectivity index (χ2v) is 7.25. The zero-order valence-corrected chi connectivity index (χ0v) is 13.1. The smallest absolute Gasteiger partial charge is 0.410 e. The fraction of sp³-hybridized carbons (Fsp3) is 0.933. The number of hydrogen-bond donors (Lipinski definition) is 0. The Kier molecular flexibility index (Phi) is 4.17. The third-order valence-corrected chi connectivity index (χ3v) is 5.36. The lowest BCUT2D eigenvalue weighted by molar-refractivity contribution is 0.101. The van der Waals surface area contributed by atoms with Gasteiger partial charge in [0.1, 0.15) is 14.0 Å². The molecule has 3 atom stereocenters. The molecular weight excluding hydrogens is 237 g/mol. The quantitative estimate of drug-likeness (QED) is 0.718. The molecule has 1 aliphatic heterocycles. The van der Waals surface area contributed by atoms with Crippen LogP contribution >= 0.6 is 0 Å². The summed E-state index contributed by atoms with van der Waals surface area (Å²) in [6, 6.07) is 0.540. The number of carbonyl (C=O) groups excluding carboxylic acids is 1. The van der Waals surface area contributed by atoms with E-state index in [4.69, 9.17) is 4.74 Å². The van der Waals surface area contributed by atoms with Crippen LogP contribution in [0.1, 0.15) is 59.8 Å². The summed E-state index contributed by atoms with van der Waals surface area (Å²) in [5, 5.41) is 0.302. The van der Waals surface area contributed by atoms with Crippen LogP contribution in [-0.2, 0) is 4.74 Å². The summed E-state index contributed by atoms with van der Waals surface area (Å²) >= 11 is 0. The Morgan fingerprint density at radius 2 is 2.00 bits per heavy atom. The highest BCUT2D eigenvalue weighted by Crippen LogP contribution is 2.47. The molecule has 0 aromatic heterocycles. The minimum atomic E-state index is -0.0991. The topological polar surface area (TPSA) is 29.5 Å². The molecule has 0 spiro atoms. The van der Waals surface area contributed by atoms with E-state index >= 15 is 0 Å². The standard InChI is InChI=1S/C15H28BNO2/c1-10(2)15(16)8-6-5-7-12-13(9-15)19-14(18)17(12)11(3)4/h10-13H,5-9,16H2,1-4H3. The van der Waals surface area contributed by atoms with Gasteiger partial charge in [0.15, 0.2) is 0 Å². The molecule has 0 aromatic carbocycles. The number of carbonyl (C=O) groups is 1. The third kappa shape index (κ3) is 2.77. The van der Waals surface area contributed by atoms with Crippen molar-refractivity contribution in [2.24, 2.45) is 5.92 Å². The number of nitrogens with zero attached hydrogens (tertiary/aromatic N) is 1. The van der Waals surface area contributed by atoms with E-state index in [0.29, 0.717) is 17.3 Å². The molecular formula is C15H28BNO2. The number of fused-ring (bicyclic) bond motifs is 1. The molecule has 0 bridgehead atoms. The second-order valence-electron chi connectivity index (χ2n) is 7.25. The van der Waals surface area contributed by atoms with Crippen molar-refractivity contribution in [2.75, 3.05) is 0 Å². The Labute approximate surface area is 118 Å². The maximum atomic E-state index is 12.1. The van der Waals surface area contributed by atoms with Crippen LogP contribution in [0.25, 0.3) is 0 Å². The first-order valence-electron chi connectivity index (χ1n) is 7.84. The van der Waals surface area contributed by atoms with Gasteiger partial charge in [0.05, 0.1) is 6.04 Å². The predicted octanol–water partition coefficient (Wildman–Crippen LogP) is 3.00. The SMILES string of the molecule is BC1(C(C)C)CCCCC2C(C1)OC(=O)N2C(C)C. The lowest BCUT2D eigenvalue weighted by atomic mass is 9.55. The highest BCUT2D eigenvalue weighted by molar-refractivity contribution is 6.15. The summed E-state index contributed by atoms with van der Waals surface area (Å²) in [5.74, 6) is 0.637. The monoisotopic (exact) mass is 265 g/mol. The molecule has 19 heavy (non-hydrogen) atoms. The zero-order chi connectivity index (χ0) is 14.2. The van der Waals surface area contributed by atoms with Crippen LogP contribution in [0, 0.1) is 5.92 Å². The van der Waals surface area contributed by atoms with Crippen LogP contribution in [0.3, 0.4) is 0 Å². The van der Waals surface area contributed by atoms with Crippen molar-refractivity contribution >= 4 is 13.9 Å². The molecule has 0 radical (unpaired) electrons. The first kappa shape index (κ1) is 14.7. The maximum absolute atomic E-state index is 12.1. The fourth-order valence-electron chi connectivity index (χ4n) is 3.65. The number of ether oxygens (including phenoxy) is 1. The molecule has 2 fully saturated rings. The van der Waals surface area contributed by atoms with E-state index in [1.807, 2.05) is 4.90 Å². The normalized spacial score (nSPS) is 36.1. The molecule has 1 heterocycles. The van der Waals surface area contributed by atoms with Gasteiger partial charge in [-0.05, 0) is 32.6 Å². The van der Waals surface area contributed by atoms with Crippen LogP contribution in [0.15, 0.2) is 0 Å². The lowest BCUT2D eigenvalue weighted by Crippen LogP contribution is -2.43. The summed E-state index contributed by atoms with van der Waals surface area (Å²) in [6.07, 6.45) is 5.86. The minimum absolute atomic E-state index is 0.0991. The summed E-state index contributed by atoms with van der Waals surface area (Å²) in [6.45, 7) is 8.77. The van der Waals surface area contributed by atoms with E-state index in [-0.39, 0.29) is 18.2 Å². The lowest BCUT2D eigenvalue weighted by Gasteiger charge is -2.40. The molecule has 1 aliphatic carbocycles. The van der Waals surface area contributed by atoms with Crippen LogP contribution in [-0.4, -0.2) is 37.0 Å². The molecule has 3 unspecified atom stereocenters. The van der Waals surface area contributed by atoms with Gasteiger partial charge in [0.25, 0.3) is 0 Å². The van der Waals surface area contributed by atoms with Crippen molar-refractivity contribution < 1.29 is 9.53 Å². The van der Waals surface area contributed by atoms with Gasteiger partial charge in [-0.1, -0.05) is 38.4 Å². The minimum Gasteiger partial charge on any atom is -0.444 e. The summed E-state index contributed by atoms with van der Waals surface area (Å²) in [5.41, 5.74) is 0. The van der Waals surface area contributed by atoms with Gasteiger partial charge in [-0.3, -0.25) is 4.90 Å². The number of hydrogen-bond acceptors (Lipinski definition) is 2. The van der Waals surface area contributed by atoms with Crippen molar-refractivity contribution in [3.8, 4) is 0 Å². The van der Waals surface area contributed by atoms with Gasteiger partial charge in [0, 0.05) is 6.04 Å². The second kappa shape index (κ2) is 5.38. The van der Waals surface area contributed by atoms with Crippen LogP contribution in [0.2, 0.25) is 5.31 Å². The molecule has 0 aromatic rings. The number of amides is 1. The van der Waals surface area contributed by atoms with E-state index in [1.54, 1.807) is 0 Å². The molecule has 2 rings (SSSR count). The van der Waals surface area contributed by atoms with E-state index in [1.165, 1.54) is 19.3 Å². The fourth-order valence-corrected chi connectivity index (χ4v) is 3.65. The third-order valence-electron chi connectivity index (χ3n) is 5.36. The molecule has 108 valence electrons. The van der Waals surface area contributed by atoms with Crippen molar-refractivity contribution in [3.63, 3.8) is 0 Å². The first-order valence-corrected chi connectivity index (χ1v) is 7.84. The van der Waals surface area contributed by atoms with Gasteiger partial charge in [-0.2, -0.15) is 0 Å². The van der Waals surface area contributed by atoms with Gasteiger partial charge < -0.3 is 4.74 Å². The van der Waals surface area contributed by atoms with Crippen molar-refractivity contribution in [3.05, 3.63) is 0 Å². The Hall–Kier alpha value is -0.665. The first-order chi connectivity index (χ1) is 8.85. The maximum Gasteiger partial charge on any atom is 0.410 e. The zero-order valence-electron chi connectivity index (χ0n) is 13.1. The van der Waals surface area contributed by atoms with Crippen LogP contribution in [0.5, 0.6) is 0 Å². The molecule has 1 saturated heterocycles. The average molecular weight is 265 g/mol. The largest absolute Gasteiger partial charge is 0.444 e. The highest BCUT2D eigenvalue weighted by Gasteiger charge is 2.46. The van der Waals surface area contributed by atoms with Crippen LogP contribution in [0.4, 0.5) is 4.79 Å². The average Bonchev–Trinajstić information content (AvgIpc) is 2.57. The Bertz CT molecular complexity index is 345. The van der Waals surface area contributed by atoms with E-state index < -0.39 is 0 Å². The summed E-state index contributed by atoms with van der Waals surface area (Å²) in [7, 11) is 2.37. The molecule has 1 saturated carbocycles. The van der Waals surface area contributed by atoms with Crippen molar-refractivity contribution in [1.29, 1.82) is 0 Å². The Morgan fingerprint density at radius 1 is 1.32 bits per heavy atom.